The zero-order chi connectivity index (χ0) is 12.9. The molecule has 96 valence electrons. The molecule has 1 aromatic rings. The van der Waals surface area contributed by atoms with E-state index < -0.39 is 0 Å². The van der Waals surface area contributed by atoms with Gasteiger partial charge in [0.2, 0.25) is 0 Å². The molecule has 0 aliphatic carbocycles. The summed E-state index contributed by atoms with van der Waals surface area (Å²) in [5.41, 5.74) is 6.57. The van der Waals surface area contributed by atoms with Crippen LogP contribution in [0.15, 0.2) is 24.3 Å². The Morgan fingerprint density at radius 3 is 2.53 bits per heavy atom. The zero-order valence-electron chi connectivity index (χ0n) is 10.7. The largest absolute Gasteiger partial charge is 0.508 e. The lowest BCUT2D eigenvalue weighted by molar-refractivity contribution is 0.108. The van der Waals surface area contributed by atoms with Gasteiger partial charge in [-0.2, -0.15) is 0 Å². The molecule has 1 unspecified atom stereocenters. The van der Waals surface area contributed by atoms with E-state index in [0.29, 0.717) is 18.9 Å². The summed E-state index contributed by atoms with van der Waals surface area (Å²) in [5.74, 6) is 0.749. The van der Waals surface area contributed by atoms with Crippen LogP contribution in [0.4, 0.5) is 0 Å². The minimum Gasteiger partial charge on any atom is -0.508 e. The summed E-state index contributed by atoms with van der Waals surface area (Å²) in [7, 11) is 0. The summed E-state index contributed by atoms with van der Waals surface area (Å²) in [4.78, 5) is 0. The number of phenols is 1. The lowest BCUT2D eigenvalue weighted by Gasteiger charge is -2.32. The normalized spacial score (nSPS) is 14.9. The van der Waals surface area contributed by atoms with E-state index >= 15 is 0 Å². The summed E-state index contributed by atoms with van der Waals surface area (Å²) < 4.78 is 0. The number of hydrogen-bond donors (Lipinski definition) is 3. The monoisotopic (exact) mass is 237 g/mol. The van der Waals surface area contributed by atoms with Crippen molar-refractivity contribution >= 4 is 0 Å². The molecule has 3 heteroatoms. The van der Waals surface area contributed by atoms with Gasteiger partial charge < -0.3 is 15.9 Å². The molecule has 0 fully saturated rings. The molecule has 4 N–H and O–H groups in total. The van der Waals surface area contributed by atoms with Crippen LogP contribution in [0.25, 0.3) is 0 Å². The van der Waals surface area contributed by atoms with Gasteiger partial charge in [-0.05, 0) is 36.5 Å². The van der Waals surface area contributed by atoms with Crippen LogP contribution >= 0.6 is 0 Å². The number of hydrogen-bond acceptors (Lipinski definition) is 3. The fourth-order valence-electron chi connectivity index (χ4n) is 2.38. The van der Waals surface area contributed by atoms with Gasteiger partial charge in [0.15, 0.2) is 0 Å². The van der Waals surface area contributed by atoms with Crippen molar-refractivity contribution in [1.29, 1.82) is 0 Å². The summed E-state index contributed by atoms with van der Waals surface area (Å²) in [6.45, 7) is 4.79. The van der Waals surface area contributed by atoms with Gasteiger partial charge in [-0.25, -0.2) is 0 Å². The highest BCUT2D eigenvalue weighted by Gasteiger charge is 2.29. The number of aliphatic hydroxyl groups is 1. The average Bonchev–Trinajstić information content (AvgIpc) is 2.27. The third kappa shape index (κ3) is 4.02. The average molecular weight is 237 g/mol. The maximum atomic E-state index is 9.61. The molecule has 0 aliphatic heterocycles. The van der Waals surface area contributed by atoms with Crippen molar-refractivity contribution in [3.05, 3.63) is 29.8 Å². The zero-order valence-corrected chi connectivity index (χ0v) is 10.7. The van der Waals surface area contributed by atoms with E-state index in [9.17, 15) is 10.2 Å². The first-order chi connectivity index (χ1) is 8.01. The molecule has 17 heavy (non-hydrogen) atoms. The Kier molecular flexibility index (Phi) is 4.97. The highest BCUT2D eigenvalue weighted by molar-refractivity contribution is 5.28. The smallest absolute Gasteiger partial charge is 0.115 e. The second kappa shape index (κ2) is 6.03. The number of phenolic OH excluding ortho intramolecular Hbond substituents is 1. The molecule has 0 heterocycles. The molecule has 0 amide bonds. The van der Waals surface area contributed by atoms with Crippen molar-refractivity contribution in [2.24, 2.45) is 17.1 Å². The topological polar surface area (TPSA) is 66.5 Å². The fourth-order valence-corrected chi connectivity index (χ4v) is 2.38. The molecule has 0 aliphatic rings. The number of benzene rings is 1. The maximum Gasteiger partial charge on any atom is 0.115 e. The van der Waals surface area contributed by atoms with Crippen molar-refractivity contribution in [2.45, 2.75) is 26.7 Å². The van der Waals surface area contributed by atoms with Crippen LogP contribution in [0.5, 0.6) is 5.75 Å². The Morgan fingerprint density at radius 1 is 1.35 bits per heavy atom. The number of aliphatic hydroxyl groups excluding tert-OH is 1. The molecule has 0 aromatic heterocycles. The Labute approximate surface area is 103 Å². The molecular weight excluding hydrogens is 214 g/mol. The second-order valence-corrected chi connectivity index (χ2v) is 5.31. The number of rotatable bonds is 6. The predicted octanol–water partition coefficient (Wildman–Crippen LogP) is 1.92. The van der Waals surface area contributed by atoms with Gasteiger partial charge >= 0.3 is 0 Å². The van der Waals surface area contributed by atoms with Gasteiger partial charge in [0.25, 0.3) is 0 Å². The predicted molar refractivity (Wildman–Crippen MR) is 69.8 cm³/mol. The van der Waals surface area contributed by atoms with Gasteiger partial charge in [0.1, 0.15) is 5.75 Å². The van der Waals surface area contributed by atoms with Crippen LogP contribution in [0, 0.1) is 11.3 Å². The molecule has 3 nitrogen and oxygen atoms in total. The van der Waals surface area contributed by atoms with Gasteiger partial charge in [0.05, 0.1) is 6.61 Å². The van der Waals surface area contributed by atoms with Crippen molar-refractivity contribution in [3.8, 4) is 5.75 Å². The van der Waals surface area contributed by atoms with E-state index in [1.165, 1.54) is 0 Å². The van der Waals surface area contributed by atoms with Crippen molar-refractivity contribution in [3.63, 3.8) is 0 Å². The Morgan fingerprint density at radius 2 is 2.06 bits per heavy atom. The van der Waals surface area contributed by atoms with Crippen LogP contribution < -0.4 is 5.73 Å². The second-order valence-electron chi connectivity index (χ2n) is 5.31. The Hall–Kier alpha value is -1.06. The first kappa shape index (κ1) is 14.0. The maximum absolute atomic E-state index is 9.61. The third-order valence-corrected chi connectivity index (χ3v) is 3.10. The van der Waals surface area contributed by atoms with E-state index in [-0.39, 0.29) is 17.8 Å². The standard InChI is InChI=1S/C14H23NO2/c1-11(2)7-14(9-15,10-16)8-12-4-3-5-13(17)6-12/h3-6,11,16-17H,7-10,15H2,1-2H3. The third-order valence-electron chi connectivity index (χ3n) is 3.10. The van der Waals surface area contributed by atoms with Crippen LogP contribution in [0.1, 0.15) is 25.8 Å². The highest BCUT2D eigenvalue weighted by atomic mass is 16.3. The molecule has 0 bridgehead atoms. The van der Waals surface area contributed by atoms with Crippen LogP contribution in [0.3, 0.4) is 0 Å². The van der Waals surface area contributed by atoms with Crippen LogP contribution in [-0.4, -0.2) is 23.4 Å². The minimum atomic E-state index is -0.276. The Balaban J connectivity index is 2.85. The van der Waals surface area contributed by atoms with E-state index in [1.54, 1.807) is 12.1 Å². The molecular formula is C14H23NO2. The van der Waals surface area contributed by atoms with Gasteiger partial charge in [-0.1, -0.05) is 26.0 Å². The van der Waals surface area contributed by atoms with Gasteiger partial charge in [-0.15, -0.1) is 0 Å². The van der Waals surface area contributed by atoms with Gasteiger partial charge in [0, 0.05) is 12.0 Å². The van der Waals surface area contributed by atoms with Gasteiger partial charge in [-0.3, -0.25) is 0 Å². The van der Waals surface area contributed by atoms with Crippen LogP contribution in [-0.2, 0) is 6.42 Å². The summed E-state index contributed by atoms with van der Waals surface area (Å²) in [6.07, 6.45) is 1.59. The minimum absolute atomic E-state index is 0.0807. The molecule has 0 radical (unpaired) electrons. The number of nitrogens with two attached hydrogens (primary N) is 1. The number of aromatic hydroxyl groups is 1. The molecule has 1 rings (SSSR count). The molecule has 0 saturated carbocycles. The van der Waals surface area contributed by atoms with Crippen molar-refractivity contribution in [1.82, 2.24) is 0 Å². The molecule has 1 atom stereocenters. The summed E-state index contributed by atoms with van der Waals surface area (Å²) >= 11 is 0. The first-order valence-electron chi connectivity index (χ1n) is 6.10. The summed E-state index contributed by atoms with van der Waals surface area (Å²) in [6, 6.07) is 7.16. The van der Waals surface area contributed by atoms with Crippen molar-refractivity contribution in [2.75, 3.05) is 13.2 Å². The van der Waals surface area contributed by atoms with Crippen LogP contribution in [0.2, 0.25) is 0 Å². The first-order valence-corrected chi connectivity index (χ1v) is 6.10. The molecule has 0 spiro atoms. The highest BCUT2D eigenvalue weighted by Crippen LogP contribution is 2.30. The lowest BCUT2D eigenvalue weighted by atomic mass is 9.76. The molecule has 1 aromatic carbocycles. The van der Waals surface area contributed by atoms with E-state index in [0.717, 1.165) is 12.0 Å². The van der Waals surface area contributed by atoms with Crippen molar-refractivity contribution < 1.29 is 10.2 Å². The SMILES string of the molecule is CC(C)CC(CN)(CO)Cc1cccc(O)c1. The Bertz CT molecular complexity index is 346. The summed E-state index contributed by atoms with van der Waals surface area (Å²) in [5, 5.41) is 19.1. The lowest BCUT2D eigenvalue weighted by Crippen LogP contribution is -2.37. The van der Waals surface area contributed by atoms with E-state index in [1.807, 2.05) is 12.1 Å². The fraction of sp³-hybridized carbons (Fsp3) is 0.571. The quantitative estimate of drug-likeness (QED) is 0.708. The van der Waals surface area contributed by atoms with E-state index in [4.69, 9.17) is 5.73 Å². The molecule has 0 saturated heterocycles. The van der Waals surface area contributed by atoms with E-state index in [2.05, 4.69) is 13.8 Å².